The second-order valence-corrected chi connectivity index (χ2v) is 5.50. The smallest absolute Gasteiger partial charge is 0.248 e. The van der Waals surface area contributed by atoms with Crippen LogP contribution in [0.1, 0.15) is 34.0 Å². The summed E-state index contributed by atoms with van der Waals surface area (Å²) in [7, 11) is 0. The summed E-state index contributed by atoms with van der Waals surface area (Å²) in [5.41, 5.74) is 8.55. The van der Waals surface area contributed by atoms with Gasteiger partial charge in [0, 0.05) is 11.3 Å². The molecule has 2 amide bonds. The normalized spacial score (nSPS) is 16.4. The van der Waals surface area contributed by atoms with Crippen molar-refractivity contribution in [2.75, 3.05) is 11.9 Å². The minimum Gasteiger partial charge on any atom is -0.373 e. The molecule has 0 spiro atoms. The summed E-state index contributed by atoms with van der Waals surface area (Å²) in [6.45, 7) is 0.627. The Balaban J connectivity index is 1.65. The lowest BCUT2D eigenvalue weighted by Gasteiger charge is -2.25. The zero-order valence-electron chi connectivity index (χ0n) is 12.6. The van der Waals surface area contributed by atoms with E-state index in [1.807, 2.05) is 18.2 Å². The number of fused-ring (bicyclic) bond motifs is 1. The van der Waals surface area contributed by atoms with Crippen LogP contribution in [0, 0.1) is 0 Å². The van der Waals surface area contributed by atoms with Crippen molar-refractivity contribution < 1.29 is 14.3 Å². The largest absolute Gasteiger partial charge is 0.373 e. The number of nitrogens with one attached hydrogen (secondary N) is 1. The maximum absolute atomic E-state index is 12.2. The van der Waals surface area contributed by atoms with Crippen LogP contribution in [0.4, 0.5) is 5.69 Å². The molecule has 0 aliphatic carbocycles. The van der Waals surface area contributed by atoms with E-state index in [2.05, 4.69) is 11.4 Å². The Morgan fingerprint density at radius 1 is 1.13 bits per heavy atom. The summed E-state index contributed by atoms with van der Waals surface area (Å²) in [4.78, 5) is 23.3. The fourth-order valence-electron chi connectivity index (χ4n) is 2.74. The molecule has 2 aromatic rings. The number of primary amides is 1. The van der Waals surface area contributed by atoms with E-state index in [9.17, 15) is 9.59 Å². The third kappa shape index (κ3) is 3.57. The monoisotopic (exact) mass is 310 g/mol. The van der Waals surface area contributed by atoms with Gasteiger partial charge in [0.05, 0.1) is 19.1 Å². The number of carbonyl (C=O) groups excluding carboxylic acids is 2. The van der Waals surface area contributed by atoms with Crippen LogP contribution in [0.5, 0.6) is 0 Å². The van der Waals surface area contributed by atoms with Gasteiger partial charge >= 0.3 is 0 Å². The Bertz CT molecular complexity index is 725. The maximum Gasteiger partial charge on any atom is 0.248 e. The van der Waals surface area contributed by atoms with E-state index in [4.69, 9.17) is 10.5 Å². The van der Waals surface area contributed by atoms with Crippen molar-refractivity contribution in [3.8, 4) is 0 Å². The first-order valence-electron chi connectivity index (χ1n) is 7.52. The topological polar surface area (TPSA) is 81.4 Å². The second-order valence-electron chi connectivity index (χ2n) is 5.50. The third-order valence-corrected chi connectivity index (χ3v) is 3.92. The number of carbonyl (C=O) groups is 2. The molecular formula is C18H18N2O3. The maximum atomic E-state index is 12.2. The molecule has 5 heteroatoms. The fourth-order valence-corrected chi connectivity index (χ4v) is 2.74. The number of hydrogen-bond donors (Lipinski definition) is 2. The van der Waals surface area contributed by atoms with Gasteiger partial charge in [-0.05, 0) is 41.8 Å². The molecular weight excluding hydrogens is 292 g/mol. The van der Waals surface area contributed by atoms with Gasteiger partial charge in [-0.3, -0.25) is 9.59 Å². The number of benzene rings is 2. The highest BCUT2D eigenvalue weighted by Gasteiger charge is 2.23. The van der Waals surface area contributed by atoms with E-state index in [0.717, 1.165) is 12.0 Å². The predicted octanol–water partition coefficient (Wildman–Crippen LogP) is 2.43. The van der Waals surface area contributed by atoms with Crippen LogP contribution in [0.2, 0.25) is 0 Å². The zero-order valence-corrected chi connectivity index (χ0v) is 12.6. The van der Waals surface area contributed by atoms with Crippen molar-refractivity contribution >= 4 is 17.5 Å². The van der Waals surface area contributed by atoms with E-state index < -0.39 is 5.91 Å². The molecule has 0 saturated heterocycles. The molecule has 23 heavy (non-hydrogen) atoms. The van der Waals surface area contributed by atoms with Gasteiger partial charge < -0.3 is 15.8 Å². The second kappa shape index (κ2) is 6.62. The number of amides is 2. The summed E-state index contributed by atoms with van der Waals surface area (Å²) in [6.07, 6.45) is 0.919. The summed E-state index contributed by atoms with van der Waals surface area (Å²) in [6, 6.07) is 14.5. The Hall–Kier alpha value is -2.66. The molecule has 1 unspecified atom stereocenters. The lowest BCUT2D eigenvalue weighted by Crippen LogP contribution is -2.22. The first kappa shape index (κ1) is 15.2. The zero-order chi connectivity index (χ0) is 16.2. The Morgan fingerprint density at radius 3 is 2.61 bits per heavy atom. The van der Waals surface area contributed by atoms with Gasteiger partial charge in [-0.1, -0.05) is 24.3 Å². The average molecular weight is 310 g/mol. The number of hydrogen-bond acceptors (Lipinski definition) is 3. The van der Waals surface area contributed by atoms with Crippen molar-refractivity contribution in [2.24, 2.45) is 5.73 Å². The molecule has 1 aliphatic heterocycles. The van der Waals surface area contributed by atoms with E-state index in [1.165, 1.54) is 5.56 Å². The van der Waals surface area contributed by atoms with Gasteiger partial charge in [-0.2, -0.15) is 0 Å². The van der Waals surface area contributed by atoms with Crippen LogP contribution in [-0.4, -0.2) is 18.4 Å². The highest BCUT2D eigenvalue weighted by atomic mass is 16.5. The highest BCUT2D eigenvalue weighted by Crippen LogP contribution is 2.29. The van der Waals surface area contributed by atoms with Gasteiger partial charge in [0.15, 0.2) is 0 Å². The molecule has 0 saturated carbocycles. The molecule has 1 atom stereocenters. The van der Waals surface area contributed by atoms with Crippen LogP contribution in [-0.2, 0) is 16.0 Å². The molecule has 1 aliphatic rings. The molecule has 3 N–H and O–H groups in total. The van der Waals surface area contributed by atoms with Gasteiger partial charge in [0.2, 0.25) is 11.8 Å². The summed E-state index contributed by atoms with van der Waals surface area (Å²) in [5.74, 6) is -0.617. The molecule has 0 fully saturated rings. The van der Waals surface area contributed by atoms with Crippen LogP contribution in [0.15, 0.2) is 48.5 Å². The first-order chi connectivity index (χ1) is 11.1. The SMILES string of the molecule is NC(=O)c1ccc(NC(=O)CC2OCCc3ccccc32)cc1. The molecule has 0 bridgehead atoms. The Morgan fingerprint density at radius 2 is 1.87 bits per heavy atom. The summed E-state index contributed by atoms with van der Waals surface area (Å²) < 4.78 is 5.74. The van der Waals surface area contributed by atoms with E-state index in [0.29, 0.717) is 17.9 Å². The molecule has 2 aromatic carbocycles. The van der Waals surface area contributed by atoms with Crippen molar-refractivity contribution in [1.82, 2.24) is 0 Å². The first-order valence-corrected chi connectivity index (χ1v) is 7.52. The van der Waals surface area contributed by atoms with Crippen molar-refractivity contribution in [1.29, 1.82) is 0 Å². The average Bonchev–Trinajstić information content (AvgIpc) is 2.55. The standard InChI is InChI=1S/C18H18N2O3/c19-18(22)13-5-7-14(8-6-13)20-17(21)11-16-15-4-2-1-3-12(15)9-10-23-16/h1-8,16H,9-11H2,(H2,19,22)(H,20,21). The predicted molar refractivity (Wildman–Crippen MR) is 87.0 cm³/mol. The Labute approximate surface area is 134 Å². The number of anilines is 1. The fraction of sp³-hybridized carbons (Fsp3) is 0.222. The molecule has 0 radical (unpaired) electrons. The number of rotatable bonds is 4. The highest BCUT2D eigenvalue weighted by molar-refractivity contribution is 5.94. The molecule has 0 aromatic heterocycles. The quantitative estimate of drug-likeness (QED) is 0.910. The van der Waals surface area contributed by atoms with Gasteiger partial charge in [-0.25, -0.2) is 0 Å². The van der Waals surface area contributed by atoms with E-state index >= 15 is 0 Å². The Kier molecular flexibility index (Phi) is 4.39. The van der Waals surface area contributed by atoms with Gasteiger partial charge in [0.25, 0.3) is 0 Å². The number of ether oxygens (including phenoxy) is 1. The van der Waals surface area contributed by atoms with Crippen LogP contribution < -0.4 is 11.1 Å². The summed E-state index contributed by atoms with van der Waals surface area (Å²) >= 11 is 0. The van der Waals surface area contributed by atoms with E-state index in [1.54, 1.807) is 24.3 Å². The third-order valence-electron chi connectivity index (χ3n) is 3.92. The molecule has 5 nitrogen and oxygen atoms in total. The lowest BCUT2D eigenvalue weighted by atomic mass is 9.95. The van der Waals surface area contributed by atoms with Crippen LogP contribution >= 0.6 is 0 Å². The van der Waals surface area contributed by atoms with Crippen LogP contribution in [0.25, 0.3) is 0 Å². The molecule has 1 heterocycles. The van der Waals surface area contributed by atoms with Gasteiger partial charge in [0.1, 0.15) is 0 Å². The summed E-state index contributed by atoms with van der Waals surface area (Å²) in [5, 5.41) is 2.82. The minimum atomic E-state index is -0.491. The number of nitrogens with two attached hydrogens (primary N) is 1. The molecule has 118 valence electrons. The van der Waals surface area contributed by atoms with Crippen LogP contribution in [0.3, 0.4) is 0 Å². The minimum absolute atomic E-state index is 0.126. The van der Waals surface area contributed by atoms with Crippen molar-refractivity contribution in [3.63, 3.8) is 0 Å². The van der Waals surface area contributed by atoms with Crippen molar-refractivity contribution in [2.45, 2.75) is 18.9 Å². The lowest BCUT2D eigenvalue weighted by molar-refractivity contribution is -0.119. The molecule has 3 rings (SSSR count). The van der Waals surface area contributed by atoms with Crippen molar-refractivity contribution in [3.05, 3.63) is 65.2 Å². The van der Waals surface area contributed by atoms with E-state index in [-0.39, 0.29) is 18.4 Å². The van der Waals surface area contributed by atoms with Gasteiger partial charge in [-0.15, -0.1) is 0 Å².